The van der Waals surface area contributed by atoms with Crippen molar-refractivity contribution in [3.63, 3.8) is 0 Å². The zero-order valence-corrected chi connectivity index (χ0v) is 16.3. The predicted molar refractivity (Wildman–Crippen MR) is 127 cm³/mol. The van der Waals surface area contributed by atoms with Crippen molar-refractivity contribution < 1.29 is 0 Å². The molecule has 0 spiro atoms. The third-order valence-electron chi connectivity index (χ3n) is 4.74. The average molecular weight is 394 g/mol. The number of aliphatic imine (C=N–C) groups is 1. The summed E-state index contributed by atoms with van der Waals surface area (Å²) in [7, 11) is 0. The number of nitrogens with two attached hydrogens (primary N) is 3. The Labute approximate surface area is 175 Å². The number of nitrogens with zero attached hydrogens (tertiary/aromatic N) is 1. The highest BCUT2D eigenvalue weighted by atomic mass is 14.9. The molecule has 6 heteroatoms. The van der Waals surface area contributed by atoms with Crippen molar-refractivity contribution in [2.24, 2.45) is 10.7 Å². The summed E-state index contributed by atoms with van der Waals surface area (Å²) in [6.07, 6.45) is 3.38. The van der Waals surface area contributed by atoms with E-state index in [1.54, 1.807) is 18.2 Å². The molecule has 8 N–H and O–H groups in total. The van der Waals surface area contributed by atoms with Crippen molar-refractivity contribution >= 4 is 45.4 Å². The molecule has 0 radical (unpaired) electrons. The molecule has 0 heterocycles. The van der Waals surface area contributed by atoms with Crippen LogP contribution in [0.5, 0.6) is 0 Å². The third-order valence-corrected chi connectivity index (χ3v) is 4.74. The van der Waals surface area contributed by atoms with E-state index >= 15 is 0 Å². The number of nitrogens with one attached hydrogen (secondary N) is 2. The fraction of sp³-hybridized carbons (Fsp3) is 0. The van der Waals surface area contributed by atoms with E-state index in [0.717, 1.165) is 11.4 Å². The second kappa shape index (κ2) is 7.97. The molecule has 1 aliphatic carbocycles. The Morgan fingerprint density at radius 3 is 2.13 bits per heavy atom. The van der Waals surface area contributed by atoms with Crippen LogP contribution in [0.3, 0.4) is 0 Å². The van der Waals surface area contributed by atoms with Gasteiger partial charge in [0.25, 0.3) is 0 Å². The zero-order valence-electron chi connectivity index (χ0n) is 16.3. The van der Waals surface area contributed by atoms with Gasteiger partial charge in [-0.2, -0.15) is 0 Å². The van der Waals surface area contributed by atoms with Crippen molar-refractivity contribution in [2.75, 3.05) is 16.8 Å². The van der Waals surface area contributed by atoms with Crippen LogP contribution in [0.2, 0.25) is 0 Å². The molecular weight excluding hydrogens is 372 g/mol. The first kappa shape index (κ1) is 19.0. The molecule has 0 saturated carbocycles. The molecule has 6 nitrogen and oxygen atoms in total. The van der Waals surface area contributed by atoms with E-state index in [2.05, 4.69) is 10.3 Å². The lowest BCUT2D eigenvalue weighted by molar-refractivity contribution is 1.41. The zero-order chi connectivity index (χ0) is 21.1. The standard InChI is InChI=1S/C24H22N6/c25-19-13-21(27)23(29-15-7-3-1-4-8-15)11-17(19)18-12-24(22(28)14-20(18)26)30-16-9-5-2-6-10-16/h1-14,25,30H,26-28H2. The van der Waals surface area contributed by atoms with E-state index in [9.17, 15) is 0 Å². The molecule has 1 aliphatic rings. The summed E-state index contributed by atoms with van der Waals surface area (Å²) in [4.78, 5) is 4.62. The van der Waals surface area contributed by atoms with Gasteiger partial charge in [0.05, 0.1) is 34.2 Å². The largest absolute Gasteiger partial charge is 0.398 e. The van der Waals surface area contributed by atoms with Crippen molar-refractivity contribution in [3.05, 3.63) is 96.2 Å². The van der Waals surface area contributed by atoms with Crippen molar-refractivity contribution in [3.8, 4) is 0 Å². The molecule has 0 aliphatic heterocycles. The lowest BCUT2D eigenvalue weighted by Crippen LogP contribution is -2.18. The molecule has 0 aromatic heterocycles. The Morgan fingerprint density at radius 1 is 0.767 bits per heavy atom. The second-order valence-electron chi connectivity index (χ2n) is 6.92. The molecule has 0 atom stereocenters. The van der Waals surface area contributed by atoms with Crippen LogP contribution in [0.25, 0.3) is 5.57 Å². The number of allylic oxidation sites excluding steroid dienone is 3. The summed E-state index contributed by atoms with van der Waals surface area (Å²) in [5, 5.41) is 11.7. The van der Waals surface area contributed by atoms with Gasteiger partial charge in [-0.3, -0.25) is 0 Å². The lowest BCUT2D eigenvalue weighted by Gasteiger charge is -2.19. The molecular formula is C24H22N6. The summed E-state index contributed by atoms with van der Waals surface area (Å²) in [5.74, 6) is 0. The molecule has 4 rings (SSSR count). The average Bonchev–Trinajstić information content (AvgIpc) is 2.74. The summed E-state index contributed by atoms with van der Waals surface area (Å²) < 4.78 is 0. The maximum atomic E-state index is 8.44. The second-order valence-corrected chi connectivity index (χ2v) is 6.92. The fourth-order valence-electron chi connectivity index (χ4n) is 3.22. The fourth-order valence-corrected chi connectivity index (χ4v) is 3.22. The minimum atomic E-state index is 0.265. The van der Waals surface area contributed by atoms with Crippen LogP contribution < -0.4 is 22.5 Å². The van der Waals surface area contributed by atoms with Crippen molar-refractivity contribution in [1.29, 1.82) is 5.41 Å². The Bertz CT molecular complexity index is 1190. The maximum absolute atomic E-state index is 8.44. The number of hydrogen-bond donors (Lipinski definition) is 5. The van der Waals surface area contributed by atoms with Gasteiger partial charge in [-0.05, 0) is 48.6 Å². The summed E-state index contributed by atoms with van der Waals surface area (Å²) in [6.45, 7) is 0. The van der Waals surface area contributed by atoms with E-state index in [1.807, 2.05) is 66.7 Å². The Morgan fingerprint density at radius 2 is 1.43 bits per heavy atom. The Hall–Kier alpha value is -4.32. The highest BCUT2D eigenvalue weighted by molar-refractivity contribution is 6.38. The molecule has 3 aromatic carbocycles. The van der Waals surface area contributed by atoms with Crippen LogP contribution in [0.4, 0.5) is 28.4 Å². The summed E-state index contributed by atoms with van der Waals surface area (Å²) in [6, 6.07) is 22.8. The first-order chi connectivity index (χ1) is 14.5. The van der Waals surface area contributed by atoms with Crippen LogP contribution in [0, 0.1) is 5.41 Å². The minimum absolute atomic E-state index is 0.265. The number of para-hydroxylation sites is 2. The number of hydrogen-bond acceptors (Lipinski definition) is 6. The van der Waals surface area contributed by atoms with Crippen molar-refractivity contribution in [2.45, 2.75) is 0 Å². The Balaban J connectivity index is 1.76. The van der Waals surface area contributed by atoms with Crippen molar-refractivity contribution in [1.82, 2.24) is 0 Å². The normalized spacial score (nSPS) is 14.9. The van der Waals surface area contributed by atoms with Crippen LogP contribution in [0.1, 0.15) is 5.56 Å². The molecule has 0 fully saturated rings. The minimum Gasteiger partial charge on any atom is -0.398 e. The first-order valence-electron chi connectivity index (χ1n) is 9.44. The molecule has 3 aromatic rings. The summed E-state index contributed by atoms with van der Waals surface area (Å²) >= 11 is 0. The quantitative estimate of drug-likeness (QED) is 0.327. The number of nitrogen functional groups attached to an aromatic ring is 2. The van der Waals surface area contributed by atoms with E-state index in [4.69, 9.17) is 22.6 Å². The lowest BCUT2D eigenvalue weighted by atomic mass is 9.92. The third kappa shape index (κ3) is 3.93. The maximum Gasteiger partial charge on any atom is 0.0873 e. The van der Waals surface area contributed by atoms with E-state index in [0.29, 0.717) is 39.6 Å². The van der Waals surface area contributed by atoms with E-state index < -0.39 is 0 Å². The molecule has 0 unspecified atom stereocenters. The highest BCUT2D eigenvalue weighted by Gasteiger charge is 2.19. The smallest absolute Gasteiger partial charge is 0.0873 e. The van der Waals surface area contributed by atoms with Gasteiger partial charge in [0.2, 0.25) is 0 Å². The Kier molecular flexibility index (Phi) is 5.05. The highest BCUT2D eigenvalue weighted by Crippen LogP contribution is 2.34. The van der Waals surface area contributed by atoms with E-state index in [-0.39, 0.29) is 5.71 Å². The molecule has 148 valence electrons. The summed E-state index contributed by atoms with van der Waals surface area (Å²) in [5.41, 5.74) is 24.6. The SMILES string of the molecule is N=C1C=C(N)C(=Nc2ccccc2)C=C1c1cc(Nc2ccccc2)c(N)cc1N. The van der Waals surface area contributed by atoms with E-state index in [1.165, 1.54) is 0 Å². The van der Waals surface area contributed by atoms with Gasteiger partial charge in [0, 0.05) is 22.5 Å². The molecule has 0 bridgehead atoms. The van der Waals surface area contributed by atoms with Gasteiger partial charge in [0.15, 0.2) is 0 Å². The van der Waals surface area contributed by atoms with Gasteiger partial charge in [-0.1, -0.05) is 36.4 Å². The van der Waals surface area contributed by atoms with Crippen LogP contribution in [0.15, 0.2) is 95.6 Å². The predicted octanol–water partition coefficient (Wildman–Crippen LogP) is 4.63. The molecule has 30 heavy (non-hydrogen) atoms. The van der Waals surface area contributed by atoms with Gasteiger partial charge in [0.1, 0.15) is 0 Å². The number of benzene rings is 3. The van der Waals surface area contributed by atoms with Gasteiger partial charge in [-0.15, -0.1) is 0 Å². The topological polar surface area (TPSA) is 126 Å². The first-order valence-corrected chi connectivity index (χ1v) is 9.44. The van der Waals surface area contributed by atoms with Crippen LogP contribution in [-0.2, 0) is 0 Å². The van der Waals surface area contributed by atoms with Crippen LogP contribution in [-0.4, -0.2) is 11.4 Å². The monoisotopic (exact) mass is 394 g/mol. The van der Waals surface area contributed by atoms with Gasteiger partial charge in [-0.25, -0.2) is 4.99 Å². The van der Waals surface area contributed by atoms with Crippen LogP contribution >= 0.6 is 0 Å². The number of anilines is 4. The molecule has 0 amide bonds. The van der Waals surface area contributed by atoms with Gasteiger partial charge < -0.3 is 27.9 Å². The van der Waals surface area contributed by atoms with Gasteiger partial charge >= 0.3 is 0 Å². The molecule has 0 saturated heterocycles. The number of rotatable bonds is 4.